The zero-order valence-electron chi connectivity index (χ0n) is 7.08. The third-order valence-corrected chi connectivity index (χ3v) is 1.83. The number of benzene rings is 1. The molecule has 0 aliphatic heterocycles. The number of carboxylic acid groups (broad SMARTS) is 1. The van der Waals surface area contributed by atoms with E-state index in [9.17, 15) is 4.79 Å². The molecule has 0 heterocycles. The van der Waals surface area contributed by atoms with Crippen molar-refractivity contribution in [3.8, 4) is 5.75 Å². The van der Waals surface area contributed by atoms with Crippen molar-refractivity contribution in [2.45, 2.75) is 6.42 Å². The molecule has 0 fully saturated rings. The van der Waals surface area contributed by atoms with Gasteiger partial charge in [0, 0.05) is 10.6 Å². The fourth-order valence-corrected chi connectivity index (χ4v) is 1.19. The third-order valence-electron chi connectivity index (χ3n) is 1.59. The molecule has 0 spiro atoms. The lowest BCUT2D eigenvalue weighted by molar-refractivity contribution is -0.136. The summed E-state index contributed by atoms with van der Waals surface area (Å²) < 4.78 is 4.98. The second-order valence-corrected chi connectivity index (χ2v) is 2.96. The largest absolute Gasteiger partial charge is 0.496 e. The lowest BCUT2D eigenvalue weighted by Gasteiger charge is -2.05. The first-order valence-electron chi connectivity index (χ1n) is 3.67. The standard InChI is InChI=1S/C9H9ClO3/c1-13-8-5-7(10)3-2-6(8)4-9(11)12/h2-3,5H,4H2,1H3,(H,11,12). The van der Waals surface area contributed by atoms with Gasteiger partial charge in [-0.2, -0.15) is 0 Å². The van der Waals surface area contributed by atoms with E-state index in [1.54, 1.807) is 18.2 Å². The molecule has 0 atom stereocenters. The molecule has 1 aromatic carbocycles. The van der Waals surface area contributed by atoms with Crippen molar-refractivity contribution in [2.75, 3.05) is 7.11 Å². The maximum Gasteiger partial charge on any atom is 0.307 e. The van der Waals surface area contributed by atoms with Gasteiger partial charge in [-0.25, -0.2) is 0 Å². The van der Waals surface area contributed by atoms with Crippen LogP contribution in [0.1, 0.15) is 5.56 Å². The molecule has 13 heavy (non-hydrogen) atoms. The Morgan fingerprint density at radius 1 is 1.62 bits per heavy atom. The molecule has 70 valence electrons. The van der Waals surface area contributed by atoms with E-state index >= 15 is 0 Å². The van der Waals surface area contributed by atoms with Gasteiger partial charge in [0.05, 0.1) is 13.5 Å². The zero-order valence-corrected chi connectivity index (χ0v) is 7.84. The Hall–Kier alpha value is -1.22. The average Bonchev–Trinajstić information content (AvgIpc) is 2.07. The van der Waals surface area contributed by atoms with Crippen LogP contribution in [0.4, 0.5) is 0 Å². The fraction of sp³-hybridized carbons (Fsp3) is 0.222. The van der Waals surface area contributed by atoms with Gasteiger partial charge in [-0.1, -0.05) is 17.7 Å². The first-order chi connectivity index (χ1) is 6.13. The molecule has 0 amide bonds. The van der Waals surface area contributed by atoms with Gasteiger partial charge in [0.25, 0.3) is 0 Å². The van der Waals surface area contributed by atoms with Crippen molar-refractivity contribution in [3.05, 3.63) is 28.8 Å². The molecule has 0 aromatic heterocycles. The maximum atomic E-state index is 10.4. The van der Waals surface area contributed by atoms with Crippen LogP contribution < -0.4 is 4.74 Å². The highest BCUT2D eigenvalue weighted by molar-refractivity contribution is 6.30. The number of aliphatic carboxylic acids is 1. The molecule has 1 N–H and O–H groups in total. The van der Waals surface area contributed by atoms with Crippen molar-refractivity contribution >= 4 is 17.6 Å². The van der Waals surface area contributed by atoms with E-state index in [1.165, 1.54) is 7.11 Å². The molecule has 0 saturated carbocycles. The van der Waals surface area contributed by atoms with E-state index in [-0.39, 0.29) is 6.42 Å². The Kier molecular flexibility index (Phi) is 3.14. The molecule has 0 radical (unpaired) electrons. The van der Waals surface area contributed by atoms with Gasteiger partial charge in [-0.3, -0.25) is 4.79 Å². The summed E-state index contributed by atoms with van der Waals surface area (Å²) in [5.41, 5.74) is 0.624. The quantitative estimate of drug-likeness (QED) is 0.812. The highest BCUT2D eigenvalue weighted by Crippen LogP contribution is 2.23. The number of halogens is 1. The molecule has 4 heteroatoms. The minimum absolute atomic E-state index is 0.0552. The van der Waals surface area contributed by atoms with Crippen LogP contribution >= 0.6 is 11.6 Å². The molecule has 1 aromatic rings. The molecule has 0 aliphatic rings. The van der Waals surface area contributed by atoms with Gasteiger partial charge >= 0.3 is 5.97 Å². The number of hydrogen-bond donors (Lipinski definition) is 1. The predicted molar refractivity (Wildman–Crippen MR) is 49.3 cm³/mol. The number of carbonyl (C=O) groups is 1. The Morgan fingerprint density at radius 3 is 2.85 bits per heavy atom. The van der Waals surface area contributed by atoms with Gasteiger partial charge in [-0.15, -0.1) is 0 Å². The van der Waals surface area contributed by atoms with Crippen LogP contribution in [0.5, 0.6) is 5.75 Å². The monoisotopic (exact) mass is 200 g/mol. The molecular formula is C9H9ClO3. The van der Waals surface area contributed by atoms with Crippen LogP contribution in [0.25, 0.3) is 0 Å². The molecular weight excluding hydrogens is 192 g/mol. The average molecular weight is 201 g/mol. The summed E-state index contributed by atoms with van der Waals surface area (Å²) in [4.78, 5) is 10.4. The lowest BCUT2D eigenvalue weighted by atomic mass is 10.1. The molecule has 0 saturated heterocycles. The van der Waals surface area contributed by atoms with Crippen LogP contribution in [-0.2, 0) is 11.2 Å². The summed E-state index contributed by atoms with van der Waals surface area (Å²) in [6.45, 7) is 0. The Labute approximate surface area is 80.9 Å². The molecule has 0 bridgehead atoms. The van der Waals surface area contributed by atoms with Gasteiger partial charge in [0.2, 0.25) is 0 Å². The SMILES string of the molecule is COc1cc(Cl)ccc1CC(=O)O. The van der Waals surface area contributed by atoms with Gasteiger partial charge in [0.15, 0.2) is 0 Å². The predicted octanol–water partition coefficient (Wildman–Crippen LogP) is 1.98. The number of methoxy groups -OCH3 is 1. The Bertz CT molecular complexity index is 323. The van der Waals surface area contributed by atoms with E-state index in [2.05, 4.69) is 0 Å². The minimum Gasteiger partial charge on any atom is -0.496 e. The maximum absolute atomic E-state index is 10.4. The number of carboxylic acids is 1. The second kappa shape index (κ2) is 4.14. The van der Waals surface area contributed by atoms with Crippen molar-refractivity contribution in [1.29, 1.82) is 0 Å². The van der Waals surface area contributed by atoms with Gasteiger partial charge < -0.3 is 9.84 Å². The Balaban J connectivity index is 2.99. The van der Waals surface area contributed by atoms with Gasteiger partial charge in [0.1, 0.15) is 5.75 Å². The topological polar surface area (TPSA) is 46.5 Å². The number of rotatable bonds is 3. The molecule has 0 aliphatic carbocycles. The summed E-state index contributed by atoms with van der Waals surface area (Å²) in [5, 5.41) is 9.10. The first kappa shape index (κ1) is 9.86. The van der Waals surface area contributed by atoms with E-state index in [4.69, 9.17) is 21.4 Å². The summed E-state index contributed by atoms with van der Waals surface area (Å²) in [5.74, 6) is -0.379. The highest BCUT2D eigenvalue weighted by Gasteiger charge is 2.07. The zero-order chi connectivity index (χ0) is 9.84. The third kappa shape index (κ3) is 2.63. The summed E-state index contributed by atoms with van der Waals surface area (Å²) in [6.07, 6.45) is -0.0552. The summed E-state index contributed by atoms with van der Waals surface area (Å²) in [7, 11) is 1.48. The van der Waals surface area contributed by atoms with E-state index in [0.29, 0.717) is 16.3 Å². The summed E-state index contributed by atoms with van der Waals surface area (Å²) in [6, 6.07) is 4.89. The normalized spacial score (nSPS) is 9.69. The smallest absolute Gasteiger partial charge is 0.307 e. The fourth-order valence-electron chi connectivity index (χ4n) is 1.03. The highest BCUT2D eigenvalue weighted by atomic mass is 35.5. The van der Waals surface area contributed by atoms with Crippen LogP contribution in [0.3, 0.4) is 0 Å². The van der Waals surface area contributed by atoms with Gasteiger partial charge in [-0.05, 0) is 12.1 Å². The van der Waals surface area contributed by atoms with Crippen LogP contribution in [0.15, 0.2) is 18.2 Å². The van der Waals surface area contributed by atoms with Crippen molar-refractivity contribution in [1.82, 2.24) is 0 Å². The number of hydrogen-bond acceptors (Lipinski definition) is 2. The molecule has 3 nitrogen and oxygen atoms in total. The van der Waals surface area contributed by atoms with Crippen LogP contribution in [-0.4, -0.2) is 18.2 Å². The van der Waals surface area contributed by atoms with E-state index < -0.39 is 5.97 Å². The van der Waals surface area contributed by atoms with Crippen molar-refractivity contribution in [3.63, 3.8) is 0 Å². The minimum atomic E-state index is -0.888. The van der Waals surface area contributed by atoms with E-state index in [1.807, 2.05) is 0 Å². The van der Waals surface area contributed by atoms with Crippen LogP contribution in [0, 0.1) is 0 Å². The van der Waals surface area contributed by atoms with Crippen LogP contribution in [0.2, 0.25) is 5.02 Å². The van der Waals surface area contributed by atoms with Crippen molar-refractivity contribution in [2.24, 2.45) is 0 Å². The lowest BCUT2D eigenvalue weighted by Crippen LogP contribution is -2.02. The number of ether oxygens (including phenoxy) is 1. The van der Waals surface area contributed by atoms with E-state index in [0.717, 1.165) is 0 Å². The molecule has 0 unspecified atom stereocenters. The second-order valence-electron chi connectivity index (χ2n) is 2.53. The first-order valence-corrected chi connectivity index (χ1v) is 4.05. The van der Waals surface area contributed by atoms with Crippen molar-refractivity contribution < 1.29 is 14.6 Å². The Morgan fingerprint density at radius 2 is 2.31 bits per heavy atom. The molecule has 1 rings (SSSR count). The summed E-state index contributed by atoms with van der Waals surface area (Å²) >= 11 is 5.70.